The van der Waals surface area contributed by atoms with Crippen molar-refractivity contribution in [3.8, 4) is 6.07 Å². The molecule has 1 saturated carbocycles. The summed E-state index contributed by atoms with van der Waals surface area (Å²) in [6.07, 6.45) is 5.08. The quantitative estimate of drug-likeness (QED) is 0.764. The fourth-order valence-electron chi connectivity index (χ4n) is 3.05. The topological polar surface area (TPSA) is 81.4 Å². The van der Waals surface area contributed by atoms with Crippen molar-refractivity contribution in [1.82, 2.24) is 4.90 Å². The number of aliphatic carboxylic acids is 1. The number of carboxylic acid groups (broad SMARTS) is 1. The van der Waals surface area contributed by atoms with Gasteiger partial charge in [-0.3, -0.25) is 9.59 Å². The second-order valence-electron chi connectivity index (χ2n) is 6.14. The van der Waals surface area contributed by atoms with Crippen molar-refractivity contribution in [2.45, 2.75) is 58.8 Å². The number of carboxylic acids is 1. The minimum atomic E-state index is -0.906. The number of nitrogens with zero attached hydrogens (tertiary/aromatic N) is 2. The van der Waals surface area contributed by atoms with E-state index in [1.54, 1.807) is 11.8 Å². The third-order valence-electron chi connectivity index (χ3n) is 4.45. The van der Waals surface area contributed by atoms with Gasteiger partial charge in [-0.15, -0.1) is 0 Å². The van der Waals surface area contributed by atoms with Gasteiger partial charge in [0.15, 0.2) is 0 Å². The zero-order chi connectivity index (χ0) is 15.9. The van der Waals surface area contributed by atoms with Crippen LogP contribution in [-0.2, 0) is 9.59 Å². The number of hydrogen-bond donors (Lipinski definition) is 1. The van der Waals surface area contributed by atoms with Crippen molar-refractivity contribution >= 4 is 11.9 Å². The van der Waals surface area contributed by atoms with E-state index in [0.717, 1.165) is 25.7 Å². The molecule has 1 atom stereocenters. The Balaban J connectivity index is 2.80. The summed E-state index contributed by atoms with van der Waals surface area (Å²) >= 11 is 0. The van der Waals surface area contributed by atoms with Crippen LogP contribution in [0.15, 0.2) is 0 Å². The van der Waals surface area contributed by atoms with E-state index in [-0.39, 0.29) is 18.2 Å². The van der Waals surface area contributed by atoms with Crippen LogP contribution in [0, 0.1) is 22.7 Å². The molecule has 118 valence electrons. The third kappa shape index (κ3) is 4.73. The summed E-state index contributed by atoms with van der Waals surface area (Å²) < 4.78 is 0. The highest BCUT2D eigenvalue weighted by Crippen LogP contribution is 2.39. The Morgan fingerprint density at radius 2 is 1.86 bits per heavy atom. The van der Waals surface area contributed by atoms with Crippen molar-refractivity contribution < 1.29 is 14.7 Å². The van der Waals surface area contributed by atoms with Crippen LogP contribution in [0.25, 0.3) is 0 Å². The molecule has 0 aromatic carbocycles. The molecule has 1 fully saturated rings. The van der Waals surface area contributed by atoms with E-state index in [2.05, 4.69) is 6.07 Å². The van der Waals surface area contributed by atoms with Crippen molar-refractivity contribution in [2.75, 3.05) is 13.1 Å². The van der Waals surface area contributed by atoms with Gasteiger partial charge in [0.25, 0.3) is 0 Å². The first-order chi connectivity index (χ1) is 9.95. The van der Waals surface area contributed by atoms with Crippen LogP contribution < -0.4 is 0 Å². The molecule has 0 heterocycles. The van der Waals surface area contributed by atoms with Gasteiger partial charge in [0.2, 0.25) is 5.91 Å². The predicted molar refractivity (Wildman–Crippen MR) is 79.4 cm³/mol. The van der Waals surface area contributed by atoms with E-state index in [1.807, 2.05) is 6.92 Å². The molecule has 0 radical (unpaired) electrons. The molecule has 0 bridgehead atoms. The van der Waals surface area contributed by atoms with Crippen LogP contribution in [0.4, 0.5) is 0 Å². The van der Waals surface area contributed by atoms with Crippen LogP contribution in [0.1, 0.15) is 58.8 Å². The van der Waals surface area contributed by atoms with E-state index in [1.165, 1.54) is 0 Å². The van der Waals surface area contributed by atoms with E-state index < -0.39 is 11.4 Å². The smallest absolute Gasteiger partial charge is 0.310 e. The van der Waals surface area contributed by atoms with Gasteiger partial charge in [-0.2, -0.15) is 5.26 Å². The molecule has 21 heavy (non-hydrogen) atoms. The number of hydrogen-bond acceptors (Lipinski definition) is 3. The molecule has 1 unspecified atom stereocenters. The molecule has 1 rings (SSSR count). The summed E-state index contributed by atoms with van der Waals surface area (Å²) in [6.45, 7) is 4.53. The Bertz CT molecular complexity index is 406. The molecule has 0 aromatic heterocycles. The maximum atomic E-state index is 12.5. The number of nitriles is 1. The summed E-state index contributed by atoms with van der Waals surface area (Å²) in [5.74, 6) is -1.21. The van der Waals surface area contributed by atoms with Gasteiger partial charge >= 0.3 is 5.97 Å². The summed E-state index contributed by atoms with van der Waals surface area (Å²) in [5, 5.41) is 18.5. The van der Waals surface area contributed by atoms with Crippen molar-refractivity contribution in [3.05, 3.63) is 0 Å². The van der Waals surface area contributed by atoms with E-state index in [9.17, 15) is 14.7 Å². The van der Waals surface area contributed by atoms with E-state index in [0.29, 0.717) is 25.9 Å². The predicted octanol–water partition coefficient (Wildman–Crippen LogP) is 2.81. The van der Waals surface area contributed by atoms with Gasteiger partial charge in [-0.05, 0) is 26.7 Å². The highest BCUT2D eigenvalue weighted by Gasteiger charge is 2.41. The molecule has 5 nitrogen and oxygen atoms in total. The van der Waals surface area contributed by atoms with Crippen LogP contribution >= 0.6 is 0 Å². The van der Waals surface area contributed by atoms with Gasteiger partial charge in [0.1, 0.15) is 0 Å². The lowest BCUT2D eigenvalue weighted by Gasteiger charge is -2.31. The highest BCUT2D eigenvalue weighted by molar-refractivity contribution is 5.85. The van der Waals surface area contributed by atoms with Crippen LogP contribution in [0.5, 0.6) is 0 Å². The lowest BCUT2D eigenvalue weighted by molar-refractivity contribution is -0.154. The fourth-order valence-corrected chi connectivity index (χ4v) is 3.05. The molecule has 1 amide bonds. The first kappa shape index (κ1) is 17.5. The molecule has 1 N–H and O–H groups in total. The third-order valence-corrected chi connectivity index (χ3v) is 4.45. The first-order valence-electron chi connectivity index (χ1n) is 7.86. The number of carbonyl (C=O) groups is 2. The SMILES string of the molecule is CCN(CC(C)C#N)C(=O)CC1(C(=O)O)CCCCCC1. The standard InChI is InChI=1S/C16H26N2O3/c1-3-18(12-13(2)11-17)14(19)10-16(15(20)21)8-6-4-5-7-9-16/h13H,3-10,12H2,1-2H3,(H,20,21). The molecular weight excluding hydrogens is 268 g/mol. The maximum absolute atomic E-state index is 12.5. The minimum Gasteiger partial charge on any atom is -0.481 e. The van der Waals surface area contributed by atoms with Crippen LogP contribution in [0.3, 0.4) is 0 Å². The molecular formula is C16H26N2O3. The molecule has 5 heteroatoms. The van der Waals surface area contributed by atoms with E-state index >= 15 is 0 Å². The summed E-state index contributed by atoms with van der Waals surface area (Å²) in [4.78, 5) is 25.8. The molecule has 0 aromatic rings. The lowest BCUT2D eigenvalue weighted by Crippen LogP contribution is -2.41. The Hall–Kier alpha value is -1.57. The van der Waals surface area contributed by atoms with Gasteiger partial charge in [0, 0.05) is 19.5 Å². The van der Waals surface area contributed by atoms with Crippen molar-refractivity contribution in [1.29, 1.82) is 5.26 Å². The minimum absolute atomic E-state index is 0.0638. The lowest BCUT2D eigenvalue weighted by atomic mass is 9.77. The number of carbonyl (C=O) groups excluding carboxylic acids is 1. The normalized spacial score (nSPS) is 19.1. The molecule has 0 aliphatic heterocycles. The number of amides is 1. The second kappa shape index (κ2) is 8.02. The summed E-state index contributed by atoms with van der Waals surface area (Å²) in [5.41, 5.74) is -0.906. The molecule has 0 saturated heterocycles. The van der Waals surface area contributed by atoms with E-state index in [4.69, 9.17) is 5.26 Å². The molecule has 1 aliphatic rings. The Morgan fingerprint density at radius 1 is 1.29 bits per heavy atom. The summed E-state index contributed by atoms with van der Waals surface area (Å²) in [7, 11) is 0. The Morgan fingerprint density at radius 3 is 2.29 bits per heavy atom. The Labute approximate surface area is 126 Å². The zero-order valence-electron chi connectivity index (χ0n) is 13.1. The maximum Gasteiger partial charge on any atom is 0.310 e. The average Bonchev–Trinajstić information content (AvgIpc) is 2.70. The Kier molecular flexibility index (Phi) is 6.67. The van der Waals surface area contributed by atoms with Gasteiger partial charge in [-0.25, -0.2) is 0 Å². The monoisotopic (exact) mass is 294 g/mol. The first-order valence-corrected chi connectivity index (χ1v) is 7.86. The largest absolute Gasteiger partial charge is 0.481 e. The summed E-state index contributed by atoms with van der Waals surface area (Å²) in [6, 6.07) is 2.12. The zero-order valence-corrected chi connectivity index (χ0v) is 13.1. The molecule has 0 spiro atoms. The van der Waals surface area contributed by atoms with Gasteiger partial charge in [0.05, 0.1) is 17.4 Å². The highest BCUT2D eigenvalue weighted by atomic mass is 16.4. The van der Waals surface area contributed by atoms with Crippen molar-refractivity contribution in [3.63, 3.8) is 0 Å². The number of rotatable bonds is 6. The van der Waals surface area contributed by atoms with Crippen LogP contribution in [-0.4, -0.2) is 35.0 Å². The van der Waals surface area contributed by atoms with Gasteiger partial charge < -0.3 is 10.0 Å². The van der Waals surface area contributed by atoms with Crippen molar-refractivity contribution in [2.24, 2.45) is 11.3 Å². The van der Waals surface area contributed by atoms with Gasteiger partial charge in [-0.1, -0.05) is 25.7 Å². The second-order valence-corrected chi connectivity index (χ2v) is 6.14. The fraction of sp³-hybridized carbons (Fsp3) is 0.812. The molecule has 1 aliphatic carbocycles. The average molecular weight is 294 g/mol. The van der Waals surface area contributed by atoms with Crippen LogP contribution in [0.2, 0.25) is 0 Å².